The lowest BCUT2D eigenvalue weighted by atomic mass is 9.96. The molecule has 2 N–H and O–H groups in total. The monoisotopic (exact) mass is 293 g/mol. The number of nitrogens with two attached hydrogens (primary N) is 1. The van der Waals surface area contributed by atoms with Crippen LogP contribution in [0.25, 0.3) is 0 Å². The summed E-state index contributed by atoms with van der Waals surface area (Å²) in [5.41, 5.74) is 7.67. The first kappa shape index (κ1) is 14.4. The molecule has 1 aromatic carbocycles. The number of hydrogen-bond donors (Lipinski definition) is 1. The molecule has 0 bridgehead atoms. The summed E-state index contributed by atoms with van der Waals surface area (Å²) < 4.78 is 6.34. The van der Waals surface area contributed by atoms with Crippen LogP contribution in [0.2, 0.25) is 5.02 Å². The van der Waals surface area contributed by atoms with Crippen LogP contribution in [0.1, 0.15) is 50.5 Å². The molecule has 1 spiro atoms. The summed E-state index contributed by atoms with van der Waals surface area (Å²) in [6.07, 6.45) is 9.72. The average Bonchev–Trinajstić information content (AvgIpc) is 3.03. The molecule has 1 aromatic rings. The Morgan fingerprint density at radius 1 is 1.25 bits per heavy atom. The van der Waals surface area contributed by atoms with Crippen LogP contribution < -0.4 is 5.73 Å². The quantitative estimate of drug-likeness (QED) is 0.907. The molecule has 0 aromatic heterocycles. The van der Waals surface area contributed by atoms with Crippen molar-refractivity contribution in [1.82, 2.24) is 0 Å². The summed E-state index contributed by atoms with van der Waals surface area (Å²) in [6, 6.07) is 8.12. The predicted molar refractivity (Wildman–Crippen MR) is 83.1 cm³/mol. The maximum atomic E-state index is 6.34. The number of rotatable bonds is 4. The summed E-state index contributed by atoms with van der Waals surface area (Å²) in [6.45, 7) is 0. The van der Waals surface area contributed by atoms with E-state index in [-0.39, 0.29) is 11.6 Å². The Labute approximate surface area is 126 Å². The molecule has 2 nitrogen and oxygen atoms in total. The smallest absolute Gasteiger partial charge is 0.0687 e. The fourth-order valence-corrected chi connectivity index (χ4v) is 4.03. The van der Waals surface area contributed by atoms with Crippen LogP contribution in [0, 0.1) is 0 Å². The Hall–Kier alpha value is -0.570. The zero-order valence-electron chi connectivity index (χ0n) is 12.0. The first-order valence-electron chi connectivity index (χ1n) is 7.84. The van der Waals surface area contributed by atoms with Gasteiger partial charge in [-0.25, -0.2) is 0 Å². The van der Waals surface area contributed by atoms with Crippen molar-refractivity contribution in [3.63, 3.8) is 0 Å². The van der Waals surface area contributed by atoms with Gasteiger partial charge in [-0.2, -0.15) is 0 Å². The summed E-state index contributed by atoms with van der Waals surface area (Å²) in [4.78, 5) is 0. The van der Waals surface area contributed by atoms with Crippen LogP contribution in [0.4, 0.5) is 0 Å². The third-order valence-electron chi connectivity index (χ3n) is 4.86. The van der Waals surface area contributed by atoms with E-state index in [0.717, 1.165) is 23.4 Å². The third-order valence-corrected chi connectivity index (χ3v) is 5.23. The van der Waals surface area contributed by atoms with Crippen molar-refractivity contribution in [3.05, 3.63) is 34.9 Å². The Kier molecular flexibility index (Phi) is 4.34. The van der Waals surface area contributed by atoms with Crippen LogP contribution >= 0.6 is 11.6 Å². The highest BCUT2D eigenvalue weighted by Crippen LogP contribution is 2.44. The van der Waals surface area contributed by atoms with Crippen LogP contribution in [0.15, 0.2) is 24.3 Å². The molecule has 0 amide bonds. The lowest BCUT2D eigenvalue weighted by Gasteiger charge is -2.25. The number of ether oxygens (including phenoxy) is 1. The van der Waals surface area contributed by atoms with Gasteiger partial charge in [-0.1, -0.05) is 42.6 Å². The van der Waals surface area contributed by atoms with Crippen LogP contribution in [0.5, 0.6) is 0 Å². The van der Waals surface area contributed by atoms with E-state index in [1.165, 1.54) is 38.5 Å². The molecule has 1 aliphatic heterocycles. The van der Waals surface area contributed by atoms with Gasteiger partial charge in [0.05, 0.1) is 11.7 Å². The minimum absolute atomic E-state index is 0.136. The van der Waals surface area contributed by atoms with Gasteiger partial charge in [-0.15, -0.1) is 0 Å². The molecule has 2 unspecified atom stereocenters. The SMILES string of the molecule is NC(Cc1ccccc1Cl)CC1CCC2(CCCC2)O1. The van der Waals surface area contributed by atoms with Crippen molar-refractivity contribution in [3.8, 4) is 0 Å². The molecule has 2 atom stereocenters. The summed E-state index contributed by atoms with van der Waals surface area (Å²) in [7, 11) is 0. The van der Waals surface area contributed by atoms with E-state index in [9.17, 15) is 0 Å². The predicted octanol–water partition coefficient (Wildman–Crippen LogP) is 4.09. The minimum Gasteiger partial charge on any atom is -0.372 e. The fourth-order valence-electron chi connectivity index (χ4n) is 3.82. The summed E-state index contributed by atoms with van der Waals surface area (Å²) >= 11 is 6.20. The second-order valence-electron chi connectivity index (χ2n) is 6.46. The van der Waals surface area contributed by atoms with Gasteiger partial charge < -0.3 is 10.5 Å². The third kappa shape index (κ3) is 3.19. The first-order valence-corrected chi connectivity index (χ1v) is 8.21. The first-order chi connectivity index (χ1) is 9.67. The molecule has 2 aliphatic rings. The van der Waals surface area contributed by atoms with Gasteiger partial charge >= 0.3 is 0 Å². The second kappa shape index (κ2) is 6.05. The van der Waals surface area contributed by atoms with Crippen molar-refractivity contribution in [2.75, 3.05) is 0 Å². The molecule has 2 fully saturated rings. The van der Waals surface area contributed by atoms with Crippen molar-refractivity contribution < 1.29 is 4.74 Å². The number of hydrogen-bond acceptors (Lipinski definition) is 2. The minimum atomic E-state index is 0.136. The lowest BCUT2D eigenvalue weighted by molar-refractivity contribution is -0.0407. The average molecular weight is 294 g/mol. The van der Waals surface area contributed by atoms with Gasteiger partial charge in [0.1, 0.15) is 0 Å². The van der Waals surface area contributed by atoms with Crippen molar-refractivity contribution in [1.29, 1.82) is 0 Å². The Balaban J connectivity index is 1.52. The molecule has 110 valence electrons. The van der Waals surface area contributed by atoms with Crippen LogP contribution in [0.3, 0.4) is 0 Å². The Bertz CT molecular complexity index is 456. The molecule has 1 aliphatic carbocycles. The van der Waals surface area contributed by atoms with E-state index < -0.39 is 0 Å². The van der Waals surface area contributed by atoms with E-state index in [4.69, 9.17) is 22.1 Å². The van der Waals surface area contributed by atoms with Gasteiger partial charge in [0.2, 0.25) is 0 Å². The maximum Gasteiger partial charge on any atom is 0.0687 e. The fraction of sp³-hybridized carbons (Fsp3) is 0.647. The number of benzene rings is 1. The normalized spacial score (nSPS) is 26.2. The zero-order valence-corrected chi connectivity index (χ0v) is 12.7. The molecule has 3 rings (SSSR count). The standard InChI is InChI=1S/C17H24ClNO/c18-16-6-2-1-5-13(16)11-14(19)12-15-7-10-17(20-15)8-3-4-9-17/h1-2,5-6,14-15H,3-4,7-12,19H2. The van der Waals surface area contributed by atoms with Gasteiger partial charge in [0, 0.05) is 11.1 Å². The molecule has 1 saturated heterocycles. The maximum absolute atomic E-state index is 6.34. The Morgan fingerprint density at radius 2 is 2.00 bits per heavy atom. The van der Waals surface area contributed by atoms with Crippen LogP contribution in [-0.4, -0.2) is 17.7 Å². The topological polar surface area (TPSA) is 35.2 Å². The summed E-state index contributed by atoms with van der Waals surface area (Å²) in [5.74, 6) is 0. The van der Waals surface area contributed by atoms with E-state index in [0.29, 0.717) is 6.10 Å². The van der Waals surface area contributed by atoms with E-state index in [1.807, 2.05) is 18.2 Å². The highest BCUT2D eigenvalue weighted by molar-refractivity contribution is 6.31. The van der Waals surface area contributed by atoms with Gasteiger partial charge in [0.15, 0.2) is 0 Å². The molecule has 1 heterocycles. The molecule has 3 heteroatoms. The summed E-state index contributed by atoms with van der Waals surface area (Å²) in [5, 5.41) is 0.822. The molecular weight excluding hydrogens is 270 g/mol. The van der Waals surface area contributed by atoms with Gasteiger partial charge in [-0.05, 0) is 50.2 Å². The second-order valence-corrected chi connectivity index (χ2v) is 6.87. The van der Waals surface area contributed by atoms with Crippen LogP contribution in [-0.2, 0) is 11.2 Å². The van der Waals surface area contributed by atoms with E-state index in [2.05, 4.69) is 6.07 Å². The molecule has 1 saturated carbocycles. The van der Waals surface area contributed by atoms with Crippen molar-refractivity contribution >= 4 is 11.6 Å². The molecular formula is C17H24ClNO. The van der Waals surface area contributed by atoms with E-state index in [1.54, 1.807) is 0 Å². The van der Waals surface area contributed by atoms with Gasteiger partial charge in [-0.3, -0.25) is 0 Å². The molecule has 20 heavy (non-hydrogen) atoms. The van der Waals surface area contributed by atoms with Gasteiger partial charge in [0.25, 0.3) is 0 Å². The largest absolute Gasteiger partial charge is 0.372 e. The van der Waals surface area contributed by atoms with E-state index >= 15 is 0 Å². The zero-order chi connectivity index (χ0) is 14.0. The molecule has 0 radical (unpaired) electrons. The highest BCUT2D eigenvalue weighted by atomic mass is 35.5. The Morgan fingerprint density at radius 3 is 2.75 bits per heavy atom. The number of halogens is 1. The lowest BCUT2D eigenvalue weighted by Crippen LogP contribution is -2.31. The van der Waals surface area contributed by atoms with Crippen molar-refractivity contribution in [2.45, 2.75) is 69.1 Å². The van der Waals surface area contributed by atoms with Crippen molar-refractivity contribution in [2.24, 2.45) is 5.73 Å². The highest BCUT2D eigenvalue weighted by Gasteiger charge is 2.42.